The maximum Gasteiger partial charge on any atom is 0.334 e. The summed E-state index contributed by atoms with van der Waals surface area (Å²) in [5.41, 5.74) is -0.274. The van der Waals surface area contributed by atoms with Crippen LogP contribution in [-0.4, -0.2) is 58.8 Å². The van der Waals surface area contributed by atoms with Gasteiger partial charge in [0, 0.05) is 30.9 Å². The highest BCUT2D eigenvalue weighted by Gasteiger charge is 2.58. The summed E-state index contributed by atoms with van der Waals surface area (Å²) in [7, 11) is 0. The van der Waals surface area contributed by atoms with Crippen LogP contribution in [-0.2, 0) is 23.8 Å². The Bertz CT molecular complexity index is 617. The first-order chi connectivity index (χ1) is 12.7. The number of aliphatic hydroxyl groups is 2. The Morgan fingerprint density at radius 2 is 2.15 bits per heavy atom. The van der Waals surface area contributed by atoms with Crippen LogP contribution in [0.3, 0.4) is 0 Å². The maximum atomic E-state index is 12.5. The summed E-state index contributed by atoms with van der Waals surface area (Å²) in [6.07, 6.45) is -0.374. The van der Waals surface area contributed by atoms with E-state index in [9.17, 15) is 19.8 Å². The number of carbonyl (C=O) groups excluding carboxylic acids is 2. The van der Waals surface area contributed by atoms with Crippen molar-refractivity contribution < 1.29 is 34.0 Å². The van der Waals surface area contributed by atoms with E-state index in [0.717, 1.165) is 0 Å². The van der Waals surface area contributed by atoms with Crippen LogP contribution in [0.1, 0.15) is 46.5 Å². The Balaban J connectivity index is 1.91. The largest absolute Gasteiger partial charge is 0.461 e. The topological polar surface area (TPSA) is 106 Å². The molecule has 0 amide bonds. The van der Waals surface area contributed by atoms with E-state index in [-0.39, 0.29) is 36.6 Å². The minimum atomic E-state index is -0.755. The second-order valence-electron chi connectivity index (χ2n) is 8.38. The lowest BCUT2D eigenvalue weighted by Gasteiger charge is -2.32. The molecule has 7 heteroatoms. The van der Waals surface area contributed by atoms with E-state index in [1.165, 1.54) is 0 Å². The van der Waals surface area contributed by atoms with E-state index < -0.39 is 41.7 Å². The Morgan fingerprint density at radius 1 is 1.44 bits per heavy atom. The van der Waals surface area contributed by atoms with Crippen molar-refractivity contribution in [3.05, 3.63) is 12.2 Å². The highest BCUT2D eigenvalue weighted by Crippen LogP contribution is 2.48. The van der Waals surface area contributed by atoms with Crippen molar-refractivity contribution in [1.82, 2.24) is 0 Å². The zero-order valence-corrected chi connectivity index (χ0v) is 16.2. The van der Waals surface area contributed by atoms with Crippen LogP contribution in [0.5, 0.6) is 0 Å². The first-order valence-corrected chi connectivity index (χ1v) is 9.77. The number of hydrogen-bond acceptors (Lipinski definition) is 7. The van der Waals surface area contributed by atoms with Gasteiger partial charge >= 0.3 is 11.9 Å². The number of rotatable bonds is 4. The van der Waals surface area contributed by atoms with Gasteiger partial charge in [-0.25, -0.2) is 4.79 Å². The highest BCUT2D eigenvalue weighted by atomic mass is 16.6. The molecule has 3 rings (SSSR count). The van der Waals surface area contributed by atoms with Crippen LogP contribution in [0.4, 0.5) is 0 Å². The van der Waals surface area contributed by atoms with Crippen LogP contribution >= 0.6 is 0 Å². The van der Waals surface area contributed by atoms with Crippen LogP contribution in [0.2, 0.25) is 0 Å². The number of fused-ring (bicyclic) bond motifs is 2. The number of epoxide rings is 1. The molecule has 0 bridgehead atoms. The van der Waals surface area contributed by atoms with Gasteiger partial charge in [-0.1, -0.05) is 20.4 Å². The molecule has 2 saturated heterocycles. The number of aliphatic hydroxyl groups excluding tert-OH is 2. The van der Waals surface area contributed by atoms with Crippen molar-refractivity contribution in [3.8, 4) is 0 Å². The fraction of sp³-hybridized carbons (Fsp3) is 0.800. The third kappa shape index (κ3) is 3.91. The molecule has 0 aromatic rings. The molecular formula is C20H30O7. The summed E-state index contributed by atoms with van der Waals surface area (Å²) in [4.78, 5) is 24.7. The predicted octanol–water partition coefficient (Wildman–Crippen LogP) is 1.35. The first kappa shape index (κ1) is 20.3. The SMILES string of the molecule is C=C1C(=O)O[C@@H]2C[C@@H](CO)C(O)C[C@H]3O[C@]3(C)CC(OC(=O)C(C)CC)[C@@H]12. The minimum absolute atomic E-state index is 0.172. The molecule has 0 spiro atoms. The molecule has 8 atom stereocenters. The van der Waals surface area contributed by atoms with E-state index >= 15 is 0 Å². The molecule has 7 nitrogen and oxygen atoms in total. The number of ether oxygens (including phenoxy) is 3. The Hall–Kier alpha value is -1.44. The molecule has 0 aromatic carbocycles. The molecule has 2 aliphatic heterocycles. The quantitative estimate of drug-likeness (QED) is 0.429. The Kier molecular flexibility index (Phi) is 5.66. The monoisotopic (exact) mass is 382 g/mol. The standard InChI is InChI=1S/C20H30O7/c1-5-10(2)18(23)26-15-8-20(4)16(27-20)7-13(22)12(9-21)6-14-17(15)11(3)19(24)25-14/h10,12-17,21-22H,3,5-9H2,1-2,4H3/t10?,12-,13?,14+,15?,16+,17-,20+/m0/s1. The molecule has 3 aliphatic rings. The van der Waals surface area contributed by atoms with Gasteiger partial charge in [-0.15, -0.1) is 0 Å². The summed E-state index contributed by atoms with van der Waals surface area (Å²) in [6, 6.07) is 0. The Labute approximate surface area is 159 Å². The van der Waals surface area contributed by atoms with E-state index in [1.807, 2.05) is 13.8 Å². The zero-order valence-electron chi connectivity index (χ0n) is 16.2. The summed E-state index contributed by atoms with van der Waals surface area (Å²) < 4.78 is 17.1. The minimum Gasteiger partial charge on any atom is -0.461 e. The van der Waals surface area contributed by atoms with Crippen LogP contribution < -0.4 is 0 Å². The van der Waals surface area contributed by atoms with Gasteiger partial charge in [0.15, 0.2) is 0 Å². The van der Waals surface area contributed by atoms with Crippen molar-refractivity contribution in [3.63, 3.8) is 0 Å². The Morgan fingerprint density at radius 3 is 2.78 bits per heavy atom. The molecule has 0 radical (unpaired) electrons. The average molecular weight is 382 g/mol. The van der Waals surface area contributed by atoms with Crippen molar-refractivity contribution in [2.45, 2.75) is 76.5 Å². The van der Waals surface area contributed by atoms with Gasteiger partial charge < -0.3 is 24.4 Å². The van der Waals surface area contributed by atoms with Gasteiger partial charge in [-0.3, -0.25) is 4.79 Å². The first-order valence-electron chi connectivity index (χ1n) is 9.77. The average Bonchev–Trinajstić information content (AvgIpc) is 3.15. The number of hydrogen-bond donors (Lipinski definition) is 2. The predicted molar refractivity (Wildman–Crippen MR) is 95.6 cm³/mol. The van der Waals surface area contributed by atoms with Crippen LogP contribution in [0, 0.1) is 17.8 Å². The summed E-state index contributed by atoms with van der Waals surface area (Å²) in [6.45, 7) is 9.28. The molecule has 2 N–H and O–H groups in total. The zero-order chi connectivity index (χ0) is 19.9. The van der Waals surface area contributed by atoms with Gasteiger partial charge in [0.25, 0.3) is 0 Å². The molecular weight excluding hydrogens is 352 g/mol. The van der Waals surface area contributed by atoms with Crippen LogP contribution in [0.25, 0.3) is 0 Å². The van der Waals surface area contributed by atoms with Gasteiger partial charge in [0.2, 0.25) is 0 Å². The smallest absolute Gasteiger partial charge is 0.334 e. The molecule has 1 aliphatic carbocycles. The fourth-order valence-electron chi connectivity index (χ4n) is 4.21. The van der Waals surface area contributed by atoms with Crippen LogP contribution in [0.15, 0.2) is 12.2 Å². The summed E-state index contributed by atoms with van der Waals surface area (Å²) in [5, 5.41) is 20.2. The number of carbonyl (C=O) groups is 2. The molecule has 3 unspecified atom stereocenters. The van der Waals surface area contributed by atoms with E-state index in [2.05, 4.69) is 6.58 Å². The second kappa shape index (κ2) is 7.53. The maximum absolute atomic E-state index is 12.5. The van der Waals surface area contributed by atoms with E-state index in [1.54, 1.807) is 6.92 Å². The fourth-order valence-corrected chi connectivity index (χ4v) is 4.21. The van der Waals surface area contributed by atoms with Gasteiger partial charge in [0.1, 0.15) is 12.2 Å². The molecule has 152 valence electrons. The number of esters is 2. The molecule has 3 fully saturated rings. The van der Waals surface area contributed by atoms with Gasteiger partial charge in [-0.2, -0.15) is 0 Å². The lowest BCUT2D eigenvalue weighted by Crippen LogP contribution is -2.41. The van der Waals surface area contributed by atoms with E-state index in [4.69, 9.17) is 14.2 Å². The lowest BCUT2D eigenvalue weighted by atomic mass is 9.78. The van der Waals surface area contributed by atoms with Gasteiger partial charge in [-0.05, 0) is 19.8 Å². The summed E-state index contributed by atoms with van der Waals surface area (Å²) >= 11 is 0. The molecule has 27 heavy (non-hydrogen) atoms. The highest BCUT2D eigenvalue weighted by molar-refractivity contribution is 5.91. The molecule has 0 aromatic heterocycles. The van der Waals surface area contributed by atoms with E-state index in [0.29, 0.717) is 19.3 Å². The van der Waals surface area contributed by atoms with Crippen molar-refractivity contribution in [2.75, 3.05) is 6.61 Å². The van der Waals surface area contributed by atoms with Crippen molar-refractivity contribution in [2.24, 2.45) is 17.8 Å². The molecule has 2 heterocycles. The molecule has 1 saturated carbocycles. The third-order valence-electron chi connectivity index (χ3n) is 6.42. The summed E-state index contributed by atoms with van der Waals surface area (Å²) in [5.74, 6) is -2.04. The normalized spacial score (nSPS) is 42.6. The van der Waals surface area contributed by atoms with Gasteiger partial charge in [0.05, 0.1) is 29.6 Å². The van der Waals surface area contributed by atoms with Crippen molar-refractivity contribution in [1.29, 1.82) is 0 Å². The second-order valence-corrected chi connectivity index (χ2v) is 8.38. The lowest BCUT2D eigenvalue weighted by molar-refractivity contribution is -0.159. The van der Waals surface area contributed by atoms with Crippen molar-refractivity contribution >= 4 is 11.9 Å². The third-order valence-corrected chi connectivity index (χ3v) is 6.42.